The number of hydrogen-bond donors (Lipinski definition) is 0. The van der Waals surface area contributed by atoms with E-state index in [-0.39, 0.29) is 0 Å². The SMILES string of the molecule is c1ccc(-c2nc(-c3ccccc3)nc(-c3ccc(-c4cccc(-n5c6ccccc6c6cc7c(cc65)C5(c6ccccc6-c6ccccc65)c5ccccc5-7)c4)cc3)n2)cc1. The Morgan fingerprint density at radius 3 is 1.35 bits per heavy atom. The Morgan fingerprint density at radius 2 is 0.758 bits per heavy atom. The number of aromatic nitrogens is 4. The Morgan fingerprint density at radius 1 is 0.290 bits per heavy atom. The van der Waals surface area contributed by atoms with Gasteiger partial charge in [-0.3, -0.25) is 0 Å². The zero-order valence-electron chi connectivity index (χ0n) is 33.6. The number of nitrogens with zero attached hydrogens (tertiary/aromatic N) is 4. The summed E-state index contributed by atoms with van der Waals surface area (Å²) in [6.45, 7) is 0. The van der Waals surface area contributed by atoms with Gasteiger partial charge < -0.3 is 4.57 Å². The molecule has 2 aliphatic carbocycles. The summed E-state index contributed by atoms with van der Waals surface area (Å²) >= 11 is 0. The molecule has 1 spiro atoms. The molecule has 4 heteroatoms. The van der Waals surface area contributed by atoms with E-state index in [0.29, 0.717) is 17.5 Å². The van der Waals surface area contributed by atoms with Crippen LogP contribution in [0.5, 0.6) is 0 Å². The lowest BCUT2D eigenvalue weighted by Gasteiger charge is -2.30. The van der Waals surface area contributed by atoms with Gasteiger partial charge in [-0.25, -0.2) is 15.0 Å². The van der Waals surface area contributed by atoms with Crippen molar-refractivity contribution in [2.75, 3.05) is 0 Å². The fraction of sp³-hybridized carbons (Fsp3) is 0.0172. The van der Waals surface area contributed by atoms with Crippen LogP contribution in [0, 0.1) is 0 Å². The molecule has 288 valence electrons. The van der Waals surface area contributed by atoms with E-state index in [2.05, 4.69) is 162 Å². The van der Waals surface area contributed by atoms with Crippen LogP contribution in [-0.2, 0) is 5.41 Å². The summed E-state index contributed by atoms with van der Waals surface area (Å²) in [6.07, 6.45) is 0. The maximum atomic E-state index is 4.97. The highest BCUT2D eigenvalue weighted by Gasteiger charge is 2.51. The molecule has 9 aromatic carbocycles. The van der Waals surface area contributed by atoms with Crippen LogP contribution in [0.3, 0.4) is 0 Å². The Bertz CT molecular complexity index is 3460. The van der Waals surface area contributed by atoms with E-state index in [4.69, 9.17) is 15.0 Å². The van der Waals surface area contributed by atoms with Crippen LogP contribution < -0.4 is 0 Å². The molecule has 62 heavy (non-hydrogen) atoms. The quantitative estimate of drug-likeness (QED) is 0.174. The highest BCUT2D eigenvalue weighted by Crippen LogP contribution is 2.63. The van der Waals surface area contributed by atoms with Gasteiger partial charge in [0, 0.05) is 33.2 Å². The predicted octanol–water partition coefficient (Wildman–Crippen LogP) is 14.0. The first-order chi connectivity index (χ1) is 30.7. The van der Waals surface area contributed by atoms with Gasteiger partial charge in [0.1, 0.15) is 0 Å². The number of para-hydroxylation sites is 1. The Balaban J connectivity index is 0.958. The number of fused-ring (bicyclic) bond motifs is 13. The topological polar surface area (TPSA) is 43.6 Å². The zero-order chi connectivity index (χ0) is 40.8. The normalized spacial score (nSPS) is 13.0. The molecule has 0 radical (unpaired) electrons. The van der Waals surface area contributed by atoms with Crippen molar-refractivity contribution in [1.82, 2.24) is 19.5 Å². The lowest BCUT2D eigenvalue weighted by atomic mass is 9.70. The fourth-order valence-electron chi connectivity index (χ4n) is 10.4. The summed E-state index contributed by atoms with van der Waals surface area (Å²) in [4.78, 5) is 14.8. The van der Waals surface area contributed by atoms with Crippen molar-refractivity contribution in [3.05, 3.63) is 241 Å². The van der Waals surface area contributed by atoms with E-state index in [1.807, 2.05) is 60.7 Å². The number of rotatable bonds is 5. The van der Waals surface area contributed by atoms with Gasteiger partial charge in [-0.05, 0) is 86.0 Å². The fourth-order valence-corrected chi connectivity index (χ4v) is 10.4. The molecule has 0 N–H and O–H groups in total. The summed E-state index contributed by atoms with van der Waals surface area (Å²) in [5.41, 5.74) is 18.8. The van der Waals surface area contributed by atoms with E-state index < -0.39 is 5.41 Å². The Kier molecular flexibility index (Phi) is 7.49. The van der Waals surface area contributed by atoms with Crippen molar-refractivity contribution >= 4 is 21.8 Å². The van der Waals surface area contributed by atoms with Gasteiger partial charge in [0.2, 0.25) is 0 Å². The van der Waals surface area contributed by atoms with Gasteiger partial charge >= 0.3 is 0 Å². The standard InChI is InChI=1S/C58H36N4/c1-3-16-38(17-4-1)55-59-56(39-18-5-2-6-19-39)61-57(60-55)40-32-30-37(31-33-40)41-20-15-21-42(34-41)62-53-29-14-10-25-46(53)48-35-47-45-24-9-13-28-51(45)58(52(47)36-54(48)62)49-26-11-7-22-43(49)44-23-8-12-27-50(44)58/h1-36H. The van der Waals surface area contributed by atoms with Crippen LogP contribution in [0.25, 0.3) is 95.0 Å². The van der Waals surface area contributed by atoms with E-state index in [1.165, 1.54) is 66.3 Å². The van der Waals surface area contributed by atoms with Gasteiger partial charge in [0.15, 0.2) is 17.5 Å². The average Bonchev–Trinajstić information content (AvgIpc) is 3.95. The van der Waals surface area contributed by atoms with E-state index in [9.17, 15) is 0 Å². The largest absolute Gasteiger partial charge is 0.309 e. The lowest BCUT2D eigenvalue weighted by Crippen LogP contribution is -2.25. The maximum Gasteiger partial charge on any atom is 0.164 e. The highest BCUT2D eigenvalue weighted by atomic mass is 15.0. The molecule has 2 heterocycles. The second kappa shape index (κ2) is 13.4. The summed E-state index contributed by atoms with van der Waals surface area (Å²) in [6, 6.07) is 78.7. The first kappa shape index (κ1) is 34.6. The van der Waals surface area contributed by atoms with E-state index in [1.54, 1.807) is 0 Å². The minimum absolute atomic E-state index is 0.416. The van der Waals surface area contributed by atoms with Crippen molar-refractivity contribution in [3.8, 4) is 73.2 Å². The van der Waals surface area contributed by atoms with Gasteiger partial charge in [-0.2, -0.15) is 0 Å². The van der Waals surface area contributed by atoms with Crippen molar-refractivity contribution in [1.29, 1.82) is 0 Å². The van der Waals surface area contributed by atoms with Crippen molar-refractivity contribution in [3.63, 3.8) is 0 Å². The molecule has 2 aliphatic rings. The first-order valence-electron chi connectivity index (χ1n) is 21.2. The van der Waals surface area contributed by atoms with Gasteiger partial charge in [0.25, 0.3) is 0 Å². The molecular formula is C58H36N4. The minimum atomic E-state index is -0.416. The van der Waals surface area contributed by atoms with Crippen molar-refractivity contribution in [2.45, 2.75) is 5.41 Å². The second-order valence-electron chi connectivity index (χ2n) is 16.3. The molecule has 2 aromatic heterocycles. The molecule has 4 nitrogen and oxygen atoms in total. The number of benzene rings is 9. The molecular weight excluding hydrogens is 753 g/mol. The van der Waals surface area contributed by atoms with Crippen LogP contribution >= 0.6 is 0 Å². The molecule has 13 rings (SSSR count). The van der Waals surface area contributed by atoms with Crippen LogP contribution in [0.4, 0.5) is 0 Å². The highest BCUT2D eigenvalue weighted by molar-refractivity contribution is 6.12. The predicted molar refractivity (Wildman–Crippen MR) is 252 cm³/mol. The maximum absolute atomic E-state index is 4.97. The first-order valence-corrected chi connectivity index (χ1v) is 21.2. The van der Waals surface area contributed by atoms with Gasteiger partial charge in [-0.15, -0.1) is 0 Å². The molecule has 0 atom stereocenters. The molecule has 0 fully saturated rings. The average molecular weight is 789 g/mol. The van der Waals surface area contributed by atoms with Crippen molar-refractivity contribution in [2.24, 2.45) is 0 Å². The van der Waals surface area contributed by atoms with E-state index >= 15 is 0 Å². The number of hydrogen-bond acceptors (Lipinski definition) is 3. The van der Waals surface area contributed by atoms with Crippen LogP contribution in [-0.4, -0.2) is 19.5 Å². The molecule has 11 aromatic rings. The molecule has 0 bridgehead atoms. The summed E-state index contributed by atoms with van der Waals surface area (Å²) in [7, 11) is 0. The Hall–Kier alpha value is -8.21. The van der Waals surface area contributed by atoms with Crippen LogP contribution in [0.2, 0.25) is 0 Å². The molecule has 0 saturated carbocycles. The molecule has 0 unspecified atom stereocenters. The zero-order valence-corrected chi connectivity index (χ0v) is 33.6. The third-order valence-corrected chi connectivity index (χ3v) is 13.1. The Labute approximate surface area is 359 Å². The van der Waals surface area contributed by atoms with Crippen LogP contribution in [0.1, 0.15) is 22.3 Å². The van der Waals surface area contributed by atoms with Gasteiger partial charge in [-0.1, -0.05) is 188 Å². The lowest BCUT2D eigenvalue weighted by molar-refractivity contribution is 0.794. The summed E-state index contributed by atoms with van der Waals surface area (Å²) in [5.74, 6) is 1.95. The molecule has 0 amide bonds. The summed E-state index contributed by atoms with van der Waals surface area (Å²) in [5, 5.41) is 2.50. The monoisotopic (exact) mass is 788 g/mol. The van der Waals surface area contributed by atoms with Crippen molar-refractivity contribution < 1.29 is 0 Å². The van der Waals surface area contributed by atoms with Crippen LogP contribution in [0.15, 0.2) is 218 Å². The van der Waals surface area contributed by atoms with Gasteiger partial charge in [0.05, 0.1) is 16.4 Å². The molecule has 0 saturated heterocycles. The smallest absolute Gasteiger partial charge is 0.164 e. The second-order valence-corrected chi connectivity index (χ2v) is 16.3. The van der Waals surface area contributed by atoms with E-state index in [0.717, 1.165) is 33.5 Å². The summed E-state index contributed by atoms with van der Waals surface area (Å²) < 4.78 is 2.47. The third-order valence-electron chi connectivity index (χ3n) is 13.1. The molecule has 0 aliphatic heterocycles. The third kappa shape index (κ3) is 4.98. The minimum Gasteiger partial charge on any atom is -0.309 e.